The summed E-state index contributed by atoms with van der Waals surface area (Å²) >= 11 is 0. The molecule has 1 heterocycles. The van der Waals surface area contributed by atoms with Crippen LogP contribution in [0.25, 0.3) is 0 Å². The molecule has 2 fully saturated rings. The Morgan fingerprint density at radius 1 is 1.17 bits per heavy atom. The van der Waals surface area contributed by atoms with Crippen LogP contribution in [0.5, 0.6) is 0 Å². The molecule has 0 aromatic heterocycles. The smallest absolute Gasteiger partial charge is 0.407 e. The summed E-state index contributed by atoms with van der Waals surface area (Å²) in [6.45, 7) is 6.59. The molecule has 1 saturated carbocycles. The quantitative estimate of drug-likeness (QED) is 0.855. The second-order valence-corrected chi connectivity index (χ2v) is 7.29. The molecule has 0 radical (unpaired) electrons. The molecule has 1 amide bonds. The molecule has 7 heteroatoms. The maximum Gasteiger partial charge on any atom is 0.407 e. The third-order valence-corrected chi connectivity index (χ3v) is 5.38. The Hall–Kier alpha value is -0.980. The molecule has 1 unspecified atom stereocenters. The van der Waals surface area contributed by atoms with Gasteiger partial charge < -0.3 is 10.0 Å². The molecule has 0 aromatic rings. The van der Waals surface area contributed by atoms with Crippen LogP contribution in [-0.4, -0.2) is 59.4 Å². The van der Waals surface area contributed by atoms with Crippen LogP contribution in [0.3, 0.4) is 0 Å². The zero-order chi connectivity index (χ0) is 17.2. The summed E-state index contributed by atoms with van der Waals surface area (Å²) in [6.07, 6.45) is -3.24. The summed E-state index contributed by atoms with van der Waals surface area (Å²) < 4.78 is 38.2. The molecule has 1 aliphatic heterocycles. The molecule has 2 rings (SSSR count). The summed E-state index contributed by atoms with van der Waals surface area (Å²) in [5.74, 6) is -0.515. The number of amides is 1. The Labute approximate surface area is 135 Å². The zero-order valence-electron chi connectivity index (χ0n) is 13.9. The van der Waals surface area contributed by atoms with Crippen molar-refractivity contribution in [1.29, 1.82) is 0 Å². The van der Waals surface area contributed by atoms with Crippen LogP contribution in [0, 0.1) is 17.8 Å². The highest BCUT2D eigenvalue weighted by atomic mass is 19.4. The largest absolute Gasteiger partial charge is 0.465 e. The molecule has 134 valence electrons. The first kappa shape index (κ1) is 18.4. The van der Waals surface area contributed by atoms with Crippen LogP contribution in [-0.2, 0) is 0 Å². The minimum absolute atomic E-state index is 0.153. The average Bonchev–Trinajstić information content (AvgIpc) is 2.46. The van der Waals surface area contributed by atoms with Crippen LogP contribution in [0.1, 0.15) is 39.5 Å². The lowest BCUT2D eigenvalue weighted by molar-refractivity contribution is -0.184. The highest BCUT2D eigenvalue weighted by Crippen LogP contribution is 2.40. The molecule has 23 heavy (non-hydrogen) atoms. The minimum atomic E-state index is -4.06. The van der Waals surface area contributed by atoms with Gasteiger partial charge in [-0.05, 0) is 37.5 Å². The lowest BCUT2D eigenvalue weighted by Gasteiger charge is -2.44. The van der Waals surface area contributed by atoms with E-state index in [-0.39, 0.29) is 18.9 Å². The molecule has 0 spiro atoms. The number of piperazine rings is 1. The predicted octanol–water partition coefficient (Wildman–Crippen LogP) is 3.68. The van der Waals surface area contributed by atoms with E-state index in [0.717, 1.165) is 6.54 Å². The van der Waals surface area contributed by atoms with Crippen LogP contribution in [0.4, 0.5) is 18.0 Å². The lowest BCUT2D eigenvalue weighted by atomic mass is 9.81. The van der Waals surface area contributed by atoms with Gasteiger partial charge in [0.25, 0.3) is 0 Å². The van der Waals surface area contributed by atoms with Crippen molar-refractivity contribution in [3.63, 3.8) is 0 Å². The van der Waals surface area contributed by atoms with E-state index in [1.54, 1.807) is 0 Å². The zero-order valence-corrected chi connectivity index (χ0v) is 13.9. The number of halogens is 3. The minimum Gasteiger partial charge on any atom is -0.465 e. The van der Waals surface area contributed by atoms with Crippen molar-refractivity contribution in [3.8, 4) is 0 Å². The van der Waals surface area contributed by atoms with E-state index in [2.05, 4.69) is 18.7 Å². The van der Waals surface area contributed by atoms with Gasteiger partial charge in [-0.25, -0.2) is 4.79 Å². The van der Waals surface area contributed by atoms with Crippen molar-refractivity contribution in [3.05, 3.63) is 0 Å². The van der Waals surface area contributed by atoms with Crippen molar-refractivity contribution in [2.45, 2.75) is 51.7 Å². The number of hydrogen-bond donors (Lipinski definition) is 1. The van der Waals surface area contributed by atoms with Gasteiger partial charge in [0.2, 0.25) is 0 Å². The van der Waals surface area contributed by atoms with Crippen LogP contribution >= 0.6 is 0 Å². The van der Waals surface area contributed by atoms with Gasteiger partial charge in [0.15, 0.2) is 0 Å². The number of carboxylic acid groups (broad SMARTS) is 1. The topological polar surface area (TPSA) is 43.8 Å². The number of alkyl halides is 3. The van der Waals surface area contributed by atoms with Crippen molar-refractivity contribution in [2.75, 3.05) is 26.2 Å². The van der Waals surface area contributed by atoms with Crippen molar-refractivity contribution < 1.29 is 23.1 Å². The molecule has 1 atom stereocenters. The molecular formula is C16H27F3N2O2. The van der Waals surface area contributed by atoms with Gasteiger partial charge in [-0.15, -0.1) is 0 Å². The molecule has 1 aliphatic carbocycles. The Bertz CT molecular complexity index is 407. The van der Waals surface area contributed by atoms with E-state index in [9.17, 15) is 18.0 Å². The second kappa shape index (κ2) is 7.28. The second-order valence-electron chi connectivity index (χ2n) is 7.29. The summed E-state index contributed by atoms with van der Waals surface area (Å²) in [4.78, 5) is 14.9. The van der Waals surface area contributed by atoms with Gasteiger partial charge in [0.1, 0.15) is 0 Å². The van der Waals surface area contributed by atoms with Gasteiger partial charge in [-0.2, -0.15) is 13.2 Å². The Balaban J connectivity index is 1.88. The molecule has 1 N–H and O–H groups in total. The maximum atomic E-state index is 12.7. The number of rotatable bonds is 3. The third kappa shape index (κ3) is 4.75. The fourth-order valence-corrected chi connectivity index (χ4v) is 3.88. The standard InChI is InChI=1S/C16H27F3N2O2/c1-11(2)14-10-21(15(22)23)8-7-20(14)9-12-3-5-13(6-4-12)16(17,18)19/h11-14H,3-10H2,1-2H3,(H,22,23)/t12-,13+,14?. The molecule has 1 saturated heterocycles. The van der Waals surface area contributed by atoms with E-state index >= 15 is 0 Å². The van der Waals surface area contributed by atoms with E-state index in [4.69, 9.17) is 5.11 Å². The first-order chi connectivity index (χ1) is 10.7. The van der Waals surface area contributed by atoms with Crippen molar-refractivity contribution in [2.24, 2.45) is 17.8 Å². The number of nitrogens with zero attached hydrogens (tertiary/aromatic N) is 2. The number of carbonyl (C=O) groups is 1. The maximum absolute atomic E-state index is 12.7. The Morgan fingerprint density at radius 3 is 2.26 bits per heavy atom. The monoisotopic (exact) mass is 336 g/mol. The molecule has 0 bridgehead atoms. The van der Waals surface area contributed by atoms with Gasteiger partial charge >= 0.3 is 12.3 Å². The molecule has 0 aromatic carbocycles. The lowest BCUT2D eigenvalue weighted by Crippen LogP contribution is -2.57. The Morgan fingerprint density at radius 2 is 1.78 bits per heavy atom. The molecule has 2 aliphatic rings. The van der Waals surface area contributed by atoms with Gasteiger partial charge in [0, 0.05) is 32.2 Å². The highest BCUT2D eigenvalue weighted by molar-refractivity contribution is 5.65. The van der Waals surface area contributed by atoms with Gasteiger partial charge in [-0.3, -0.25) is 4.90 Å². The molecular weight excluding hydrogens is 309 g/mol. The fraction of sp³-hybridized carbons (Fsp3) is 0.938. The number of hydrogen-bond acceptors (Lipinski definition) is 2. The van der Waals surface area contributed by atoms with E-state index < -0.39 is 18.2 Å². The first-order valence-corrected chi connectivity index (χ1v) is 8.47. The van der Waals surface area contributed by atoms with Crippen molar-refractivity contribution in [1.82, 2.24) is 9.80 Å². The van der Waals surface area contributed by atoms with E-state index in [0.29, 0.717) is 44.3 Å². The Kier molecular flexibility index (Phi) is 5.81. The predicted molar refractivity (Wildman–Crippen MR) is 81.3 cm³/mol. The fourth-order valence-electron chi connectivity index (χ4n) is 3.88. The van der Waals surface area contributed by atoms with Crippen LogP contribution < -0.4 is 0 Å². The summed E-state index contributed by atoms with van der Waals surface area (Å²) in [5.41, 5.74) is 0. The van der Waals surface area contributed by atoms with Crippen molar-refractivity contribution >= 4 is 6.09 Å². The van der Waals surface area contributed by atoms with E-state index in [1.807, 2.05) is 0 Å². The van der Waals surface area contributed by atoms with E-state index in [1.165, 1.54) is 4.90 Å². The normalized spacial score (nSPS) is 30.7. The van der Waals surface area contributed by atoms with Gasteiger partial charge in [0.05, 0.1) is 5.92 Å². The summed E-state index contributed by atoms with van der Waals surface area (Å²) in [7, 11) is 0. The SMILES string of the molecule is CC(C)C1CN(C(=O)O)CCN1C[C@H]1CC[C@@H](C(F)(F)F)CC1. The average molecular weight is 336 g/mol. The first-order valence-electron chi connectivity index (χ1n) is 8.47. The van der Waals surface area contributed by atoms with Crippen LogP contribution in [0.15, 0.2) is 0 Å². The molecule has 4 nitrogen and oxygen atoms in total. The highest BCUT2D eigenvalue weighted by Gasteiger charge is 2.42. The van der Waals surface area contributed by atoms with Crippen LogP contribution in [0.2, 0.25) is 0 Å². The van der Waals surface area contributed by atoms with Gasteiger partial charge in [-0.1, -0.05) is 13.8 Å². The summed E-state index contributed by atoms with van der Waals surface area (Å²) in [5, 5.41) is 9.15. The summed E-state index contributed by atoms with van der Waals surface area (Å²) in [6, 6.07) is 0.153. The third-order valence-electron chi connectivity index (χ3n) is 5.38.